The highest BCUT2D eigenvalue weighted by atomic mass is 35.5. The topological polar surface area (TPSA) is 34.0 Å². The van der Waals surface area contributed by atoms with E-state index in [0.717, 1.165) is 22.6 Å². The maximum atomic E-state index is 6.41. The molecule has 2 aromatic rings. The Morgan fingerprint density at radius 2 is 1.95 bits per heavy atom. The van der Waals surface area contributed by atoms with E-state index in [1.807, 2.05) is 19.2 Å². The number of imidazole rings is 1. The van der Waals surface area contributed by atoms with Gasteiger partial charge in [0.1, 0.15) is 11.3 Å². The number of hydrogen-bond donors (Lipinski definition) is 0. The summed E-state index contributed by atoms with van der Waals surface area (Å²) >= 11 is 6.41. The van der Waals surface area contributed by atoms with E-state index in [2.05, 4.69) is 35.4 Å². The Labute approximate surface area is 131 Å². The molecule has 1 aliphatic heterocycles. The fraction of sp³-hybridized carbons (Fsp3) is 0.625. The zero-order valence-electron chi connectivity index (χ0n) is 13.2. The van der Waals surface area contributed by atoms with Crippen molar-refractivity contribution in [3.05, 3.63) is 23.7 Å². The van der Waals surface area contributed by atoms with E-state index in [0.29, 0.717) is 12.1 Å². The Kier molecular flexibility index (Phi) is 3.82. The molecule has 2 aromatic heterocycles. The van der Waals surface area contributed by atoms with Crippen LogP contribution in [0.3, 0.4) is 0 Å². The summed E-state index contributed by atoms with van der Waals surface area (Å²) in [5.41, 5.74) is 3.04. The third kappa shape index (κ3) is 2.39. The van der Waals surface area contributed by atoms with Crippen molar-refractivity contribution in [1.29, 1.82) is 0 Å². The number of hydrogen-bond acceptors (Lipinski definition) is 3. The van der Waals surface area contributed by atoms with Gasteiger partial charge in [-0.1, -0.05) is 0 Å². The molecule has 1 aliphatic rings. The maximum absolute atomic E-state index is 6.41. The van der Waals surface area contributed by atoms with Crippen molar-refractivity contribution in [3.8, 4) is 0 Å². The Balaban J connectivity index is 2.24. The summed E-state index contributed by atoms with van der Waals surface area (Å²) in [7, 11) is 0. The lowest BCUT2D eigenvalue weighted by atomic mass is 10.00. The summed E-state index contributed by atoms with van der Waals surface area (Å²) in [4.78, 5) is 9.37. The van der Waals surface area contributed by atoms with Crippen molar-refractivity contribution in [1.82, 2.24) is 14.6 Å². The summed E-state index contributed by atoms with van der Waals surface area (Å²) < 4.78 is 2.18. The van der Waals surface area contributed by atoms with Crippen molar-refractivity contribution in [2.75, 3.05) is 5.01 Å². The van der Waals surface area contributed by atoms with Crippen LogP contribution in [0, 0.1) is 6.92 Å². The number of fused-ring (bicyclic) bond motifs is 1. The van der Waals surface area contributed by atoms with Crippen LogP contribution in [0.4, 0.5) is 0 Å². The van der Waals surface area contributed by atoms with Crippen molar-refractivity contribution >= 4 is 22.8 Å². The first-order chi connectivity index (χ1) is 10.0. The van der Waals surface area contributed by atoms with Crippen LogP contribution in [0.1, 0.15) is 56.8 Å². The molecule has 3 heterocycles. The smallest absolute Gasteiger partial charge is 0.179 e. The van der Waals surface area contributed by atoms with Crippen LogP contribution in [0.25, 0.3) is 11.2 Å². The summed E-state index contributed by atoms with van der Waals surface area (Å²) in [6.07, 6.45) is 5.54. The second-order valence-corrected chi connectivity index (χ2v) is 6.86. The van der Waals surface area contributed by atoms with Crippen molar-refractivity contribution in [2.24, 2.45) is 0 Å². The lowest BCUT2D eigenvalue weighted by Crippen LogP contribution is -2.51. The highest BCUT2D eigenvalue weighted by molar-refractivity contribution is 6.20. The third-order valence-corrected chi connectivity index (χ3v) is 4.68. The number of alkyl halides is 1. The molecule has 3 unspecified atom stereocenters. The van der Waals surface area contributed by atoms with E-state index in [-0.39, 0.29) is 5.38 Å². The summed E-state index contributed by atoms with van der Waals surface area (Å²) in [5.74, 6) is 0.897. The molecule has 1 saturated heterocycles. The monoisotopic (exact) mass is 306 g/mol. The molecule has 5 heteroatoms. The average molecular weight is 307 g/mol. The molecule has 0 radical (unpaired) electrons. The average Bonchev–Trinajstić information content (AvgIpc) is 2.80. The minimum atomic E-state index is -0.139. The predicted octanol–water partition coefficient (Wildman–Crippen LogP) is 3.94. The van der Waals surface area contributed by atoms with Crippen LogP contribution in [0.15, 0.2) is 12.3 Å². The summed E-state index contributed by atoms with van der Waals surface area (Å²) in [5, 5.41) is 2.28. The maximum Gasteiger partial charge on any atom is 0.179 e. The van der Waals surface area contributed by atoms with Crippen LogP contribution >= 0.6 is 11.6 Å². The molecule has 0 bridgehead atoms. The number of halogens is 1. The van der Waals surface area contributed by atoms with Crippen LogP contribution in [-0.2, 0) is 0 Å². The lowest BCUT2D eigenvalue weighted by molar-refractivity contribution is 0.334. The fourth-order valence-electron chi connectivity index (χ4n) is 3.39. The van der Waals surface area contributed by atoms with Gasteiger partial charge >= 0.3 is 0 Å². The van der Waals surface area contributed by atoms with Gasteiger partial charge in [-0.2, -0.15) is 0 Å². The van der Waals surface area contributed by atoms with Gasteiger partial charge in [0.2, 0.25) is 0 Å². The number of nitrogens with zero attached hydrogens (tertiary/aromatic N) is 4. The molecule has 114 valence electrons. The largest absolute Gasteiger partial charge is 0.304 e. The van der Waals surface area contributed by atoms with Gasteiger partial charge in [0, 0.05) is 18.3 Å². The normalized spacial score (nSPS) is 24.5. The standard InChI is InChI=1S/C16H23ClN4/c1-10-8-9-18-16-14(10)19-15(13(4)17)21(16)20-11(2)6-5-7-12(20)3/h8-9,11-13H,5-7H2,1-4H3. The molecule has 3 atom stereocenters. The van der Waals surface area contributed by atoms with E-state index in [1.165, 1.54) is 19.3 Å². The van der Waals surface area contributed by atoms with Gasteiger partial charge < -0.3 is 5.01 Å². The number of aromatic nitrogens is 3. The van der Waals surface area contributed by atoms with Crippen molar-refractivity contribution < 1.29 is 0 Å². The first-order valence-corrected chi connectivity index (χ1v) is 8.21. The highest BCUT2D eigenvalue weighted by Crippen LogP contribution is 2.30. The van der Waals surface area contributed by atoms with Gasteiger partial charge in [0.05, 0.1) is 5.38 Å². The van der Waals surface area contributed by atoms with Crippen molar-refractivity contribution in [3.63, 3.8) is 0 Å². The van der Waals surface area contributed by atoms with Gasteiger partial charge in [-0.25, -0.2) is 14.6 Å². The molecular weight excluding hydrogens is 284 g/mol. The minimum Gasteiger partial charge on any atom is -0.304 e. The SMILES string of the molecule is Cc1ccnc2c1nc(C(C)Cl)n2N1C(C)CCCC1C. The fourth-order valence-corrected chi connectivity index (χ4v) is 3.53. The second kappa shape index (κ2) is 5.48. The van der Waals surface area contributed by atoms with E-state index >= 15 is 0 Å². The van der Waals surface area contributed by atoms with Gasteiger partial charge in [-0.3, -0.25) is 0 Å². The zero-order valence-corrected chi connectivity index (χ0v) is 13.9. The van der Waals surface area contributed by atoms with E-state index in [9.17, 15) is 0 Å². The molecule has 0 amide bonds. The van der Waals surface area contributed by atoms with E-state index < -0.39 is 0 Å². The Morgan fingerprint density at radius 3 is 2.57 bits per heavy atom. The first-order valence-electron chi connectivity index (χ1n) is 7.77. The van der Waals surface area contributed by atoms with Gasteiger partial charge in [-0.15, -0.1) is 11.6 Å². The number of aryl methyl sites for hydroxylation is 1. The predicted molar refractivity (Wildman–Crippen MR) is 87.5 cm³/mol. The molecule has 1 fully saturated rings. The molecule has 0 saturated carbocycles. The lowest BCUT2D eigenvalue weighted by Gasteiger charge is -2.42. The van der Waals surface area contributed by atoms with Crippen LogP contribution in [0.2, 0.25) is 0 Å². The Hall–Kier alpha value is -1.29. The number of rotatable bonds is 2. The molecule has 21 heavy (non-hydrogen) atoms. The van der Waals surface area contributed by atoms with Gasteiger partial charge in [0.15, 0.2) is 5.65 Å². The van der Waals surface area contributed by atoms with Crippen LogP contribution in [0.5, 0.6) is 0 Å². The van der Waals surface area contributed by atoms with Crippen molar-refractivity contribution in [2.45, 2.75) is 64.4 Å². The Morgan fingerprint density at radius 1 is 1.29 bits per heavy atom. The molecule has 0 aromatic carbocycles. The zero-order chi connectivity index (χ0) is 15.1. The van der Waals surface area contributed by atoms with E-state index in [4.69, 9.17) is 16.6 Å². The van der Waals surface area contributed by atoms with E-state index in [1.54, 1.807) is 0 Å². The first kappa shape index (κ1) is 14.6. The van der Waals surface area contributed by atoms with Gasteiger partial charge in [-0.05, 0) is 58.6 Å². The number of pyridine rings is 1. The quantitative estimate of drug-likeness (QED) is 0.788. The summed E-state index contributed by atoms with van der Waals surface area (Å²) in [6.45, 7) is 8.61. The molecule has 0 aliphatic carbocycles. The molecule has 3 rings (SSSR count). The van der Waals surface area contributed by atoms with Crippen LogP contribution < -0.4 is 5.01 Å². The van der Waals surface area contributed by atoms with Gasteiger partial charge in [0.25, 0.3) is 0 Å². The molecule has 0 N–H and O–H groups in total. The molecule has 4 nitrogen and oxygen atoms in total. The Bertz CT molecular complexity index is 639. The summed E-state index contributed by atoms with van der Waals surface area (Å²) in [6, 6.07) is 2.95. The molecule has 0 spiro atoms. The molecular formula is C16H23ClN4. The van der Waals surface area contributed by atoms with Crippen LogP contribution in [-0.4, -0.2) is 26.7 Å². The second-order valence-electron chi connectivity index (χ2n) is 6.21. The highest BCUT2D eigenvalue weighted by Gasteiger charge is 2.30. The number of piperidine rings is 1. The minimum absolute atomic E-state index is 0.139. The third-order valence-electron chi connectivity index (χ3n) is 4.48.